The normalized spacial score (nSPS) is 10.2. The number of hydrogen-bond donors (Lipinski definition) is 1. The Morgan fingerprint density at radius 2 is 2.38 bits per heavy atom. The maximum atomic E-state index is 10.7. The van der Waals surface area contributed by atoms with E-state index in [1.165, 1.54) is 0 Å². The van der Waals surface area contributed by atoms with Gasteiger partial charge >= 0.3 is 0 Å². The van der Waals surface area contributed by atoms with Crippen LogP contribution in [0.1, 0.15) is 10.5 Å². The lowest BCUT2D eigenvalue weighted by Gasteiger charge is -1.93. The highest BCUT2D eigenvalue weighted by Crippen LogP contribution is 2.11. The number of hydrogen-bond acceptors (Lipinski definition) is 3. The van der Waals surface area contributed by atoms with E-state index in [0.717, 1.165) is 5.69 Å². The predicted molar refractivity (Wildman–Crippen MR) is 50.0 cm³/mol. The van der Waals surface area contributed by atoms with Gasteiger partial charge in [-0.3, -0.25) is 4.79 Å². The summed E-state index contributed by atoms with van der Waals surface area (Å²) in [6, 6.07) is 3.52. The molecule has 2 aromatic rings. The van der Waals surface area contributed by atoms with Crippen LogP contribution in [0.4, 0.5) is 0 Å². The topological polar surface area (TPSA) is 60.9 Å². The van der Waals surface area contributed by atoms with Gasteiger partial charge in [0.2, 0.25) is 0 Å². The fourth-order valence-corrected chi connectivity index (χ4v) is 1.61. The summed E-state index contributed by atoms with van der Waals surface area (Å²) in [5.41, 5.74) is 6.29. The van der Waals surface area contributed by atoms with Crippen LogP contribution in [-0.4, -0.2) is 15.7 Å². The molecule has 13 heavy (non-hydrogen) atoms. The van der Waals surface area contributed by atoms with Crippen molar-refractivity contribution in [3.8, 4) is 5.69 Å². The van der Waals surface area contributed by atoms with E-state index in [4.69, 9.17) is 5.73 Å². The number of carbonyl (C=O) groups excluding carboxylic acids is 1. The first kappa shape index (κ1) is 8.00. The summed E-state index contributed by atoms with van der Waals surface area (Å²) in [6.07, 6.45) is 1.71. The number of thiophene rings is 1. The molecule has 2 rings (SSSR count). The van der Waals surface area contributed by atoms with Gasteiger partial charge in [-0.25, -0.2) is 4.68 Å². The summed E-state index contributed by atoms with van der Waals surface area (Å²) < 4.78 is 1.62. The van der Waals surface area contributed by atoms with Gasteiger partial charge in [-0.05, 0) is 17.5 Å². The quantitative estimate of drug-likeness (QED) is 0.774. The van der Waals surface area contributed by atoms with Crippen LogP contribution >= 0.6 is 11.3 Å². The third kappa shape index (κ3) is 1.46. The molecular weight excluding hydrogens is 186 g/mol. The Hall–Kier alpha value is -1.62. The van der Waals surface area contributed by atoms with E-state index >= 15 is 0 Å². The standard InChI is InChI=1S/C8H7N3OS/c9-8(12)7-1-3-11(10-7)6-2-4-13-5-6/h1-5H,(H2,9,12). The molecule has 66 valence electrons. The molecule has 5 heteroatoms. The van der Waals surface area contributed by atoms with Gasteiger partial charge < -0.3 is 5.73 Å². The van der Waals surface area contributed by atoms with Crippen molar-refractivity contribution in [1.29, 1.82) is 0 Å². The number of carbonyl (C=O) groups is 1. The molecular formula is C8H7N3OS. The molecule has 1 amide bonds. The average molecular weight is 193 g/mol. The van der Waals surface area contributed by atoms with Crippen molar-refractivity contribution in [2.24, 2.45) is 5.73 Å². The summed E-state index contributed by atoms with van der Waals surface area (Å²) in [5.74, 6) is -0.506. The van der Waals surface area contributed by atoms with Crippen molar-refractivity contribution in [2.45, 2.75) is 0 Å². The smallest absolute Gasteiger partial charge is 0.269 e. The van der Waals surface area contributed by atoms with E-state index in [9.17, 15) is 4.79 Å². The summed E-state index contributed by atoms with van der Waals surface area (Å²) in [4.78, 5) is 10.7. The van der Waals surface area contributed by atoms with Crippen LogP contribution in [0.25, 0.3) is 5.69 Å². The zero-order valence-corrected chi connectivity index (χ0v) is 7.49. The monoisotopic (exact) mass is 193 g/mol. The highest BCUT2D eigenvalue weighted by molar-refractivity contribution is 7.08. The summed E-state index contributed by atoms with van der Waals surface area (Å²) in [6.45, 7) is 0. The lowest BCUT2D eigenvalue weighted by molar-refractivity contribution is 0.0995. The second-order valence-corrected chi connectivity index (χ2v) is 3.27. The second kappa shape index (κ2) is 3.02. The van der Waals surface area contributed by atoms with Gasteiger partial charge in [-0.1, -0.05) is 0 Å². The molecule has 0 fully saturated rings. The first-order valence-electron chi connectivity index (χ1n) is 3.65. The van der Waals surface area contributed by atoms with Crippen molar-refractivity contribution in [3.63, 3.8) is 0 Å². The number of aromatic nitrogens is 2. The number of amides is 1. The zero-order valence-electron chi connectivity index (χ0n) is 6.68. The first-order chi connectivity index (χ1) is 6.27. The molecule has 0 aromatic carbocycles. The Morgan fingerprint density at radius 1 is 1.54 bits per heavy atom. The van der Waals surface area contributed by atoms with E-state index in [1.54, 1.807) is 28.3 Å². The molecule has 0 saturated carbocycles. The third-order valence-corrected chi connectivity index (χ3v) is 2.28. The molecule has 0 bridgehead atoms. The van der Waals surface area contributed by atoms with Crippen molar-refractivity contribution >= 4 is 17.2 Å². The summed E-state index contributed by atoms with van der Waals surface area (Å²) in [7, 11) is 0. The number of nitrogens with zero attached hydrogens (tertiary/aromatic N) is 2. The highest BCUT2D eigenvalue weighted by atomic mass is 32.1. The number of nitrogens with two attached hydrogens (primary N) is 1. The number of primary amides is 1. The lowest BCUT2D eigenvalue weighted by Crippen LogP contribution is -2.12. The van der Waals surface area contributed by atoms with Crippen LogP contribution in [0, 0.1) is 0 Å². The van der Waals surface area contributed by atoms with Gasteiger partial charge in [0.05, 0.1) is 5.69 Å². The van der Waals surface area contributed by atoms with E-state index < -0.39 is 5.91 Å². The maximum Gasteiger partial charge on any atom is 0.269 e. The second-order valence-electron chi connectivity index (χ2n) is 2.49. The molecule has 0 aliphatic rings. The van der Waals surface area contributed by atoms with Gasteiger partial charge in [0, 0.05) is 11.6 Å². The van der Waals surface area contributed by atoms with Gasteiger partial charge in [-0.2, -0.15) is 16.4 Å². The third-order valence-electron chi connectivity index (χ3n) is 1.61. The molecule has 4 nitrogen and oxygen atoms in total. The van der Waals surface area contributed by atoms with Crippen molar-refractivity contribution < 1.29 is 4.79 Å². The molecule has 2 N–H and O–H groups in total. The van der Waals surface area contributed by atoms with Crippen molar-refractivity contribution in [1.82, 2.24) is 9.78 Å². The SMILES string of the molecule is NC(=O)c1ccn(-c2ccsc2)n1. The fraction of sp³-hybridized carbons (Fsp3) is 0. The minimum Gasteiger partial charge on any atom is -0.364 e. The van der Waals surface area contributed by atoms with Crippen LogP contribution in [0.2, 0.25) is 0 Å². The van der Waals surface area contributed by atoms with Crippen LogP contribution in [0.3, 0.4) is 0 Å². The maximum absolute atomic E-state index is 10.7. The Labute approximate surface area is 78.6 Å². The molecule has 2 heterocycles. The Morgan fingerprint density at radius 3 is 2.92 bits per heavy atom. The molecule has 0 aliphatic heterocycles. The first-order valence-corrected chi connectivity index (χ1v) is 4.60. The molecule has 0 saturated heterocycles. The Kier molecular flexibility index (Phi) is 1.86. The summed E-state index contributed by atoms with van der Waals surface area (Å²) in [5, 5.41) is 7.89. The minimum atomic E-state index is -0.506. The lowest BCUT2D eigenvalue weighted by atomic mass is 10.4. The largest absolute Gasteiger partial charge is 0.364 e. The van der Waals surface area contributed by atoms with Gasteiger partial charge in [-0.15, -0.1) is 0 Å². The summed E-state index contributed by atoms with van der Waals surface area (Å²) >= 11 is 1.58. The zero-order chi connectivity index (χ0) is 9.26. The van der Waals surface area contributed by atoms with Crippen LogP contribution < -0.4 is 5.73 Å². The van der Waals surface area contributed by atoms with Crippen molar-refractivity contribution in [3.05, 3.63) is 34.8 Å². The van der Waals surface area contributed by atoms with Gasteiger partial charge in [0.15, 0.2) is 0 Å². The van der Waals surface area contributed by atoms with Crippen LogP contribution in [0.5, 0.6) is 0 Å². The van der Waals surface area contributed by atoms with Crippen molar-refractivity contribution in [2.75, 3.05) is 0 Å². The number of rotatable bonds is 2. The molecule has 0 unspecified atom stereocenters. The molecule has 0 atom stereocenters. The molecule has 0 spiro atoms. The van der Waals surface area contributed by atoms with Gasteiger partial charge in [0.1, 0.15) is 5.69 Å². The fourth-order valence-electron chi connectivity index (χ4n) is 0.987. The predicted octanol–water partition coefficient (Wildman–Crippen LogP) is 1.03. The van der Waals surface area contributed by atoms with Gasteiger partial charge in [0.25, 0.3) is 5.91 Å². The van der Waals surface area contributed by atoms with E-state index in [2.05, 4.69) is 5.10 Å². The van der Waals surface area contributed by atoms with E-state index in [1.807, 2.05) is 16.8 Å². The molecule has 0 aliphatic carbocycles. The van der Waals surface area contributed by atoms with E-state index in [0.29, 0.717) is 0 Å². The highest BCUT2D eigenvalue weighted by Gasteiger charge is 2.05. The molecule has 0 radical (unpaired) electrons. The average Bonchev–Trinajstić information content (AvgIpc) is 2.75. The Balaban J connectivity index is 2.39. The van der Waals surface area contributed by atoms with Crippen LogP contribution in [-0.2, 0) is 0 Å². The minimum absolute atomic E-state index is 0.284. The Bertz CT molecular complexity index is 418. The van der Waals surface area contributed by atoms with Crippen LogP contribution in [0.15, 0.2) is 29.1 Å². The molecule has 2 aromatic heterocycles. The van der Waals surface area contributed by atoms with E-state index in [-0.39, 0.29) is 5.69 Å².